The molecule has 0 aliphatic rings. The third kappa shape index (κ3) is 12.1. The second kappa shape index (κ2) is 18.9. The standard InChI is InChI=1S/C28H50O2/c1-3-5-7-11-17-25-23-27(19-13-9-15-21-29)28(20-14-10-16-22-30)24-26(25)18-12-8-6-4-2/h23-24,29-30H,3-22H2,1-2H3. The number of aryl methyl sites for hydroxylation is 4. The molecule has 0 aliphatic heterocycles. The number of aliphatic hydroxyl groups excluding tert-OH is 2. The van der Waals surface area contributed by atoms with Gasteiger partial charge in [-0.1, -0.05) is 77.3 Å². The first-order chi connectivity index (χ1) is 14.8. The molecule has 1 aromatic carbocycles. The van der Waals surface area contributed by atoms with Gasteiger partial charge in [-0.3, -0.25) is 0 Å². The number of rotatable bonds is 20. The Morgan fingerprint density at radius 2 is 0.733 bits per heavy atom. The van der Waals surface area contributed by atoms with Crippen LogP contribution in [0.3, 0.4) is 0 Å². The van der Waals surface area contributed by atoms with E-state index in [0.717, 1.165) is 38.5 Å². The normalized spacial score (nSPS) is 11.3. The fraction of sp³-hybridized carbons (Fsp3) is 0.786. The summed E-state index contributed by atoms with van der Waals surface area (Å²) in [6.45, 7) is 5.20. The van der Waals surface area contributed by atoms with E-state index in [1.165, 1.54) is 77.0 Å². The highest BCUT2D eigenvalue weighted by Crippen LogP contribution is 2.25. The van der Waals surface area contributed by atoms with Crippen molar-refractivity contribution in [2.45, 2.75) is 129 Å². The van der Waals surface area contributed by atoms with Gasteiger partial charge in [0.05, 0.1) is 0 Å². The lowest BCUT2D eigenvalue weighted by atomic mass is 9.88. The van der Waals surface area contributed by atoms with Crippen LogP contribution in [-0.2, 0) is 25.7 Å². The van der Waals surface area contributed by atoms with Crippen molar-refractivity contribution in [3.05, 3.63) is 34.4 Å². The van der Waals surface area contributed by atoms with Crippen LogP contribution in [0, 0.1) is 0 Å². The van der Waals surface area contributed by atoms with Crippen LogP contribution in [-0.4, -0.2) is 23.4 Å². The van der Waals surface area contributed by atoms with Crippen LogP contribution in [0.2, 0.25) is 0 Å². The third-order valence-electron chi connectivity index (χ3n) is 6.33. The Balaban J connectivity index is 2.93. The molecule has 1 aromatic rings. The maximum Gasteiger partial charge on any atom is 0.0431 e. The van der Waals surface area contributed by atoms with Crippen molar-refractivity contribution in [2.24, 2.45) is 0 Å². The van der Waals surface area contributed by atoms with Gasteiger partial charge in [-0.05, 0) is 86.5 Å². The number of hydrogen-bond donors (Lipinski definition) is 2. The van der Waals surface area contributed by atoms with Gasteiger partial charge in [0.25, 0.3) is 0 Å². The SMILES string of the molecule is CCCCCCc1cc(CCCCCO)c(CCCCCO)cc1CCCCCC. The summed E-state index contributed by atoms with van der Waals surface area (Å²) in [5.41, 5.74) is 6.33. The first-order valence-electron chi connectivity index (χ1n) is 13.1. The molecule has 2 N–H and O–H groups in total. The summed E-state index contributed by atoms with van der Waals surface area (Å²) in [5.74, 6) is 0. The van der Waals surface area contributed by atoms with Crippen molar-refractivity contribution in [3.63, 3.8) is 0 Å². The molecule has 0 spiro atoms. The maximum absolute atomic E-state index is 9.11. The van der Waals surface area contributed by atoms with Crippen LogP contribution in [0.4, 0.5) is 0 Å². The Bertz CT molecular complexity index is 433. The van der Waals surface area contributed by atoms with Crippen molar-refractivity contribution < 1.29 is 10.2 Å². The van der Waals surface area contributed by atoms with Crippen LogP contribution < -0.4 is 0 Å². The van der Waals surface area contributed by atoms with Crippen molar-refractivity contribution in [1.82, 2.24) is 0 Å². The van der Waals surface area contributed by atoms with E-state index in [2.05, 4.69) is 26.0 Å². The minimum atomic E-state index is 0.313. The summed E-state index contributed by atoms with van der Waals surface area (Å²) in [5, 5.41) is 18.2. The predicted octanol–water partition coefficient (Wildman–Crippen LogP) is 7.34. The average Bonchev–Trinajstić information content (AvgIpc) is 2.76. The molecule has 0 bridgehead atoms. The zero-order chi connectivity index (χ0) is 21.9. The van der Waals surface area contributed by atoms with Gasteiger partial charge in [-0.2, -0.15) is 0 Å². The lowest BCUT2D eigenvalue weighted by molar-refractivity contribution is 0.282. The van der Waals surface area contributed by atoms with E-state index in [0.29, 0.717) is 13.2 Å². The molecular formula is C28H50O2. The molecule has 0 radical (unpaired) electrons. The second-order valence-corrected chi connectivity index (χ2v) is 9.08. The van der Waals surface area contributed by atoms with Crippen molar-refractivity contribution in [3.8, 4) is 0 Å². The Labute approximate surface area is 187 Å². The second-order valence-electron chi connectivity index (χ2n) is 9.08. The summed E-state index contributed by atoms with van der Waals surface area (Å²) in [6, 6.07) is 5.11. The maximum atomic E-state index is 9.11. The molecule has 2 heteroatoms. The Kier molecular flexibility index (Phi) is 17.1. The van der Waals surface area contributed by atoms with Gasteiger partial charge < -0.3 is 10.2 Å². The summed E-state index contributed by atoms with van der Waals surface area (Å²) in [6.07, 6.45) is 21.8. The number of aliphatic hydroxyl groups is 2. The molecule has 0 unspecified atom stereocenters. The van der Waals surface area contributed by atoms with E-state index in [1.54, 1.807) is 22.3 Å². The zero-order valence-electron chi connectivity index (χ0n) is 20.2. The molecule has 0 saturated heterocycles. The molecule has 0 atom stereocenters. The largest absolute Gasteiger partial charge is 0.396 e. The van der Waals surface area contributed by atoms with E-state index in [9.17, 15) is 0 Å². The van der Waals surface area contributed by atoms with Crippen LogP contribution in [0.25, 0.3) is 0 Å². The third-order valence-corrected chi connectivity index (χ3v) is 6.33. The summed E-state index contributed by atoms with van der Waals surface area (Å²) in [7, 11) is 0. The first-order valence-corrected chi connectivity index (χ1v) is 13.1. The highest BCUT2D eigenvalue weighted by Gasteiger charge is 2.11. The summed E-state index contributed by atoms with van der Waals surface area (Å²) < 4.78 is 0. The van der Waals surface area contributed by atoms with Crippen molar-refractivity contribution >= 4 is 0 Å². The van der Waals surface area contributed by atoms with Crippen molar-refractivity contribution in [2.75, 3.05) is 13.2 Å². The molecule has 0 amide bonds. The summed E-state index contributed by atoms with van der Waals surface area (Å²) in [4.78, 5) is 0. The van der Waals surface area contributed by atoms with Crippen LogP contribution in [0.15, 0.2) is 12.1 Å². The molecule has 0 heterocycles. The van der Waals surface area contributed by atoms with E-state index >= 15 is 0 Å². The quantitative estimate of drug-likeness (QED) is 0.217. The van der Waals surface area contributed by atoms with Gasteiger partial charge in [-0.25, -0.2) is 0 Å². The van der Waals surface area contributed by atoms with Crippen molar-refractivity contribution in [1.29, 1.82) is 0 Å². The fourth-order valence-electron chi connectivity index (χ4n) is 4.41. The molecule has 174 valence electrons. The zero-order valence-corrected chi connectivity index (χ0v) is 20.2. The highest BCUT2D eigenvalue weighted by molar-refractivity contribution is 5.39. The number of hydrogen-bond acceptors (Lipinski definition) is 2. The minimum Gasteiger partial charge on any atom is -0.396 e. The minimum absolute atomic E-state index is 0.313. The Morgan fingerprint density at radius 3 is 1.00 bits per heavy atom. The van der Waals surface area contributed by atoms with E-state index < -0.39 is 0 Å². The van der Waals surface area contributed by atoms with Crippen LogP contribution in [0.1, 0.15) is 126 Å². The molecule has 0 fully saturated rings. The van der Waals surface area contributed by atoms with E-state index in [-0.39, 0.29) is 0 Å². The predicted molar refractivity (Wildman–Crippen MR) is 131 cm³/mol. The van der Waals surface area contributed by atoms with Gasteiger partial charge >= 0.3 is 0 Å². The number of benzene rings is 1. The molecular weight excluding hydrogens is 368 g/mol. The molecule has 2 nitrogen and oxygen atoms in total. The lowest BCUT2D eigenvalue weighted by Gasteiger charge is -2.17. The van der Waals surface area contributed by atoms with Gasteiger partial charge in [0, 0.05) is 13.2 Å². The van der Waals surface area contributed by atoms with E-state index in [4.69, 9.17) is 10.2 Å². The molecule has 0 aromatic heterocycles. The monoisotopic (exact) mass is 418 g/mol. The van der Waals surface area contributed by atoms with Gasteiger partial charge in [0.15, 0.2) is 0 Å². The van der Waals surface area contributed by atoms with Gasteiger partial charge in [-0.15, -0.1) is 0 Å². The molecule has 0 aliphatic carbocycles. The fourth-order valence-corrected chi connectivity index (χ4v) is 4.41. The van der Waals surface area contributed by atoms with E-state index in [1.807, 2.05) is 0 Å². The number of unbranched alkanes of at least 4 members (excludes halogenated alkanes) is 10. The Morgan fingerprint density at radius 1 is 0.433 bits per heavy atom. The first kappa shape index (κ1) is 27.2. The summed E-state index contributed by atoms with van der Waals surface area (Å²) >= 11 is 0. The van der Waals surface area contributed by atoms with Gasteiger partial charge in [0.2, 0.25) is 0 Å². The molecule has 30 heavy (non-hydrogen) atoms. The van der Waals surface area contributed by atoms with Crippen LogP contribution >= 0.6 is 0 Å². The average molecular weight is 419 g/mol. The van der Waals surface area contributed by atoms with Gasteiger partial charge in [0.1, 0.15) is 0 Å². The Hall–Kier alpha value is -0.860. The topological polar surface area (TPSA) is 40.5 Å². The lowest BCUT2D eigenvalue weighted by Crippen LogP contribution is -2.04. The highest BCUT2D eigenvalue weighted by atomic mass is 16.3. The van der Waals surface area contributed by atoms with Crippen LogP contribution in [0.5, 0.6) is 0 Å². The molecule has 1 rings (SSSR count). The smallest absolute Gasteiger partial charge is 0.0431 e. The molecule has 0 saturated carbocycles.